The van der Waals surface area contributed by atoms with Crippen molar-refractivity contribution in [2.75, 3.05) is 13.2 Å². The molecule has 0 spiro atoms. The van der Waals surface area contributed by atoms with Crippen LogP contribution in [0.5, 0.6) is 5.75 Å². The predicted molar refractivity (Wildman–Crippen MR) is 121 cm³/mol. The lowest BCUT2D eigenvalue weighted by atomic mass is 10.1. The second kappa shape index (κ2) is 9.42. The minimum absolute atomic E-state index is 0.0177. The van der Waals surface area contributed by atoms with Crippen LogP contribution in [0.4, 0.5) is 0 Å². The Labute approximate surface area is 177 Å². The summed E-state index contributed by atoms with van der Waals surface area (Å²) in [6.07, 6.45) is 1.80. The summed E-state index contributed by atoms with van der Waals surface area (Å²) in [4.78, 5) is 14.3. The Hall–Kier alpha value is -3.37. The molecule has 3 aromatic carbocycles. The molecule has 0 atom stereocenters. The number of carbonyl (C=O) groups is 1. The van der Waals surface area contributed by atoms with Gasteiger partial charge >= 0.3 is 0 Å². The first-order valence-electron chi connectivity index (χ1n) is 10.2. The predicted octanol–water partition coefficient (Wildman–Crippen LogP) is 5.38. The number of aromatic nitrogens is 1. The van der Waals surface area contributed by atoms with Crippen molar-refractivity contribution in [3.05, 3.63) is 102 Å². The Bertz CT molecular complexity index is 1060. The van der Waals surface area contributed by atoms with Gasteiger partial charge in [0.1, 0.15) is 12.4 Å². The lowest BCUT2D eigenvalue weighted by Crippen LogP contribution is -2.27. The molecule has 1 heterocycles. The maximum Gasteiger partial charge on any atom is 0.228 e. The molecule has 0 aliphatic carbocycles. The molecule has 0 fully saturated rings. The van der Waals surface area contributed by atoms with E-state index in [-0.39, 0.29) is 5.91 Å². The summed E-state index contributed by atoms with van der Waals surface area (Å²) >= 11 is 0. The number of para-hydroxylation sites is 1. The first kappa shape index (κ1) is 19.9. The number of nitrogens with zero attached hydrogens (tertiary/aromatic N) is 2. The average Bonchev–Trinajstić information content (AvgIpc) is 3.14. The maximum atomic E-state index is 12.0. The molecule has 0 amide bonds. The highest BCUT2D eigenvalue weighted by molar-refractivity contribution is 5.95. The highest BCUT2D eigenvalue weighted by Crippen LogP contribution is 2.28. The molecule has 0 aliphatic rings. The zero-order chi connectivity index (χ0) is 20.8. The summed E-state index contributed by atoms with van der Waals surface area (Å²) in [5.74, 6) is 0.732. The molecule has 4 rings (SSSR count). The molecule has 0 bridgehead atoms. The Morgan fingerprint density at radius 1 is 0.833 bits per heavy atom. The first-order chi connectivity index (χ1) is 14.7. The third kappa shape index (κ3) is 4.78. The highest BCUT2D eigenvalue weighted by atomic mass is 16.5. The monoisotopic (exact) mass is 398 g/mol. The van der Waals surface area contributed by atoms with Crippen LogP contribution in [0.25, 0.3) is 10.9 Å². The smallest absolute Gasteiger partial charge is 0.228 e. The standard InChI is InChI=1S/C26H26N2O2/c1-21(29)28-20-26(24-14-8-9-15-25(24)28)30-17-16-27(18-22-10-4-2-5-11-22)19-23-12-6-3-7-13-23/h2-15,20H,16-19H2,1H3. The first-order valence-corrected chi connectivity index (χ1v) is 10.2. The highest BCUT2D eigenvalue weighted by Gasteiger charge is 2.13. The molecule has 0 unspecified atom stereocenters. The van der Waals surface area contributed by atoms with E-state index in [1.165, 1.54) is 11.1 Å². The maximum absolute atomic E-state index is 12.0. The average molecular weight is 399 g/mol. The lowest BCUT2D eigenvalue weighted by molar-refractivity contribution is 0.0940. The van der Waals surface area contributed by atoms with E-state index in [1.807, 2.05) is 36.4 Å². The van der Waals surface area contributed by atoms with Crippen LogP contribution in [0.2, 0.25) is 0 Å². The molecule has 0 saturated carbocycles. The Kier molecular flexibility index (Phi) is 6.26. The van der Waals surface area contributed by atoms with E-state index in [4.69, 9.17) is 4.74 Å². The fraction of sp³-hybridized carbons (Fsp3) is 0.192. The molecule has 152 valence electrons. The number of carbonyl (C=O) groups excluding carboxylic acids is 1. The second-order valence-electron chi connectivity index (χ2n) is 7.43. The van der Waals surface area contributed by atoms with Gasteiger partial charge in [0.25, 0.3) is 0 Å². The fourth-order valence-corrected chi connectivity index (χ4v) is 3.71. The molecule has 30 heavy (non-hydrogen) atoms. The van der Waals surface area contributed by atoms with Crippen LogP contribution in [0, 0.1) is 0 Å². The van der Waals surface area contributed by atoms with Crippen LogP contribution in [-0.4, -0.2) is 28.5 Å². The Morgan fingerprint density at radius 2 is 1.40 bits per heavy atom. The Morgan fingerprint density at radius 3 is 2.00 bits per heavy atom. The van der Waals surface area contributed by atoms with Crippen molar-refractivity contribution in [3.8, 4) is 5.75 Å². The van der Waals surface area contributed by atoms with Gasteiger partial charge < -0.3 is 4.74 Å². The minimum atomic E-state index is -0.0177. The van der Waals surface area contributed by atoms with Gasteiger partial charge in [-0.05, 0) is 23.3 Å². The van der Waals surface area contributed by atoms with Gasteiger partial charge in [0, 0.05) is 31.9 Å². The van der Waals surface area contributed by atoms with Crippen LogP contribution in [0.1, 0.15) is 22.8 Å². The quantitative estimate of drug-likeness (QED) is 0.399. The van der Waals surface area contributed by atoms with Gasteiger partial charge in [0.15, 0.2) is 0 Å². The summed E-state index contributed by atoms with van der Waals surface area (Å²) < 4.78 is 7.79. The van der Waals surface area contributed by atoms with Crippen LogP contribution in [0.15, 0.2) is 91.1 Å². The normalized spacial score (nSPS) is 11.1. The molecule has 0 aliphatic heterocycles. The molecule has 4 nitrogen and oxygen atoms in total. The van der Waals surface area contributed by atoms with E-state index in [9.17, 15) is 4.79 Å². The van der Waals surface area contributed by atoms with Gasteiger partial charge in [-0.3, -0.25) is 14.3 Å². The number of benzene rings is 3. The van der Waals surface area contributed by atoms with E-state index in [0.717, 1.165) is 36.3 Å². The molecule has 0 N–H and O–H groups in total. The van der Waals surface area contributed by atoms with Gasteiger partial charge in [-0.1, -0.05) is 72.8 Å². The second-order valence-corrected chi connectivity index (χ2v) is 7.43. The van der Waals surface area contributed by atoms with Crippen LogP contribution in [-0.2, 0) is 13.1 Å². The largest absolute Gasteiger partial charge is 0.490 e. The van der Waals surface area contributed by atoms with Crippen molar-refractivity contribution in [1.82, 2.24) is 9.47 Å². The molecule has 0 saturated heterocycles. The number of rotatable bonds is 8. The SMILES string of the molecule is CC(=O)n1cc(OCCN(Cc2ccccc2)Cc2ccccc2)c2ccccc21. The fourth-order valence-electron chi connectivity index (χ4n) is 3.71. The van der Waals surface area contributed by atoms with Gasteiger partial charge in [0.05, 0.1) is 11.7 Å². The molecule has 4 heteroatoms. The van der Waals surface area contributed by atoms with Crippen molar-refractivity contribution < 1.29 is 9.53 Å². The minimum Gasteiger partial charge on any atom is -0.490 e. The van der Waals surface area contributed by atoms with Gasteiger partial charge in [-0.15, -0.1) is 0 Å². The number of hydrogen-bond donors (Lipinski definition) is 0. The lowest BCUT2D eigenvalue weighted by Gasteiger charge is -2.22. The Balaban J connectivity index is 1.47. The molecule has 1 aromatic heterocycles. The zero-order valence-electron chi connectivity index (χ0n) is 17.2. The van der Waals surface area contributed by atoms with Crippen molar-refractivity contribution in [2.45, 2.75) is 20.0 Å². The number of ether oxygens (including phenoxy) is 1. The third-order valence-electron chi connectivity index (χ3n) is 5.18. The van der Waals surface area contributed by atoms with Gasteiger partial charge in [0.2, 0.25) is 5.91 Å². The summed E-state index contributed by atoms with van der Waals surface area (Å²) in [5, 5.41) is 0.963. The van der Waals surface area contributed by atoms with Crippen molar-refractivity contribution in [3.63, 3.8) is 0 Å². The third-order valence-corrected chi connectivity index (χ3v) is 5.18. The molecular formula is C26H26N2O2. The van der Waals surface area contributed by atoms with E-state index < -0.39 is 0 Å². The zero-order valence-corrected chi connectivity index (χ0v) is 17.2. The van der Waals surface area contributed by atoms with E-state index >= 15 is 0 Å². The van der Waals surface area contributed by atoms with Crippen LogP contribution in [0.3, 0.4) is 0 Å². The van der Waals surface area contributed by atoms with Gasteiger partial charge in [-0.25, -0.2) is 0 Å². The summed E-state index contributed by atoms with van der Waals surface area (Å²) in [6, 6.07) is 28.8. The number of fused-ring (bicyclic) bond motifs is 1. The molecular weight excluding hydrogens is 372 g/mol. The molecule has 4 aromatic rings. The summed E-state index contributed by atoms with van der Waals surface area (Å²) in [6.45, 7) is 4.61. The van der Waals surface area contributed by atoms with Crippen molar-refractivity contribution >= 4 is 16.8 Å². The van der Waals surface area contributed by atoms with E-state index in [2.05, 4.69) is 53.4 Å². The van der Waals surface area contributed by atoms with Crippen LogP contribution < -0.4 is 4.74 Å². The van der Waals surface area contributed by atoms with E-state index in [1.54, 1.807) is 17.7 Å². The van der Waals surface area contributed by atoms with Crippen LogP contribution >= 0.6 is 0 Å². The number of hydrogen-bond acceptors (Lipinski definition) is 3. The van der Waals surface area contributed by atoms with Crippen molar-refractivity contribution in [2.24, 2.45) is 0 Å². The van der Waals surface area contributed by atoms with E-state index in [0.29, 0.717) is 6.61 Å². The topological polar surface area (TPSA) is 34.5 Å². The van der Waals surface area contributed by atoms with Gasteiger partial charge in [-0.2, -0.15) is 0 Å². The summed E-state index contributed by atoms with van der Waals surface area (Å²) in [5.41, 5.74) is 3.44. The summed E-state index contributed by atoms with van der Waals surface area (Å²) in [7, 11) is 0. The molecule has 0 radical (unpaired) electrons. The van der Waals surface area contributed by atoms with Crippen molar-refractivity contribution in [1.29, 1.82) is 0 Å².